The molecule has 1 N–H and O–H groups in total. The molecule has 0 aromatic rings. The second-order valence-corrected chi connectivity index (χ2v) is 2.87. The molecule has 1 fully saturated rings. The van der Waals surface area contributed by atoms with Gasteiger partial charge in [-0.1, -0.05) is 6.58 Å². The minimum atomic E-state index is -4.62. The van der Waals surface area contributed by atoms with Crippen molar-refractivity contribution in [2.45, 2.75) is 18.3 Å². The van der Waals surface area contributed by atoms with E-state index in [9.17, 15) is 17.6 Å². The average molecular weight is 183 g/mol. The van der Waals surface area contributed by atoms with E-state index >= 15 is 0 Å². The Labute approximate surface area is 67.4 Å². The molecular weight excluding hydrogens is 174 g/mol. The van der Waals surface area contributed by atoms with Gasteiger partial charge in [-0.2, -0.15) is 13.2 Å². The van der Waals surface area contributed by atoms with Crippen LogP contribution in [0.1, 0.15) is 6.42 Å². The smallest absolute Gasteiger partial charge is 0.313 e. The zero-order valence-corrected chi connectivity index (χ0v) is 6.34. The van der Waals surface area contributed by atoms with Gasteiger partial charge in [-0.3, -0.25) is 0 Å². The number of halogens is 4. The van der Waals surface area contributed by atoms with Crippen molar-refractivity contribution in [3.05, 3.63) is 12.2 Å². The second-order valence-electron chi connectivity index (χ2n) is 2.87. The summed E-state index contributed by atoms with van der Waals surface area (Å²) in [6, 6.07) is 0. The maximum atomic E-state index is 13.3. The van der Waals surface area contributed by atoms with Crippen molar-refractivity contribution in [2.24, 2.45) is 0 Å². The molecule has 1 nitrogen and oxygen atoms in total. The van der Waals surface area contributed by atoms with Crippen LogP contribution in [-0.4, -0.2) is 24.9 Å². The molecule has 5 heteroatoms. The SMILES string of the molecule is C=C(C(F)(F)F)C1(F)CCNC1. The van der Waals surface area contributed by atoms with Crippen LogP contribution in [0.15, 0.2) is 12.2 Å². The summed E-state index contributed by atoms with van der Waals surface area (Å²) in [5.41, 5.74) is -3.57. The van der Waals surface area contributed by atoms with Gasteiger partial charge >= 0.3 is 6.18 Å². The first-order valence-corrected chi connectivity index (χ1v) is 3.52. The first kappa shape index (κ1) is 9.51. The molecule has 0 bridgehead atoms. The van der Waals surface area contributed by atoms with E-state index in [1.54, 1.807) is 0 Å². The van der Waals surface area contributed by atoms with Gasteiger partial charge in [-0.05, 0) is 13.0 Å². The van der Waals surface area contributed by atoms with Crippen LogP contribution in [0.5, 0.6) is 0 Å². The fourth-order valence-corrected chi connectivity index (χ4v) is 1.17. The van der Waals surface area contributed by atoms with Crippen LogP contribution in [0.2, 0.25) is 0 Å². The van der Waals surface area contributed by atoms with E-state index in [-0.39, 0.29) is 19.5 Å². The van der Waals surface area contributed by atoms with E-state index in [4.69, 9.17) is 0 Å². The van der Waals surface area contributed by atoms with E-state index in [1.165, 1.54) is 0 Å². The molecule has 1 rings (SSSR count). The highest BCUT2D eigenvalue weighted by molar-refractivity contribution is 5.21. The highest BCUT2D eigenvalue weighted by atomic mass is 19.4. The molecule has 0 aromatic heterocycles. The first-order valence-electron chi connectivity index (χ1n) is 3.52. The largest absolute Gasteiger partial charge is 0.415 e. The Balaban J connectivity index is 2.75. The number of nitrogens with one attached hydrogen (secondary N) is 1. The average Bonchev–Trinajstić information content (AvgIpc) is 2.34. The van der Waals surface area contributed by atoms with E-state index in [0.717, 1.165) is 0 Å². The molecule has 0 saturated carbocycles. The topological polar surface area (TPSA) is 12.0 Å². The van der Waals surface area contributed by atoms with Crippen molar-refractivity contribution in [3.63, 3.8) is 0 Å². The van der Waals surface area contributed by atoms with Gasteiger partial charge in [-0.25, -0.2) is 4.39 Å². The Morgan fingerprint density at radius 3 is 2.33 bits per heavy atom. The summed E-state index contributed by atoms with van der Waals surface area (Å²) in [7, 11) is 0. The van der Waals surface area contributed by atoms with Crippen molar-refractivity contribution in [1.29, 1.82) is 0 Å². The van der Waals surface area contributed by atoms with Gasteiger partial charge in [0.25, 0.3) is 0 Å². The normalized spacial score (nSPS) is 30.7. The Hall–Kier alpha value is -0.580. The Morgan fingerprint density at radius 2 is 2.00 bits per heavy atom. The molecule has 0 aromatic carbocycles. The zero-order chi connectivity index (χ0) is 9.41. The third kappa shape index (κ3) is 1.60. The molecule has 0 spiro atoms. The molecule has 1 aliphatic rings. The second kappa shape index (κ2) is 2.73. The third-order valence-corrected chi connectivity index (χ3v) is 1.99. The standard InChI is InChI=1S/C7H9F4N/c1-5(7(9,10)11)6(8)2-3-12-4-6/h12H,1-4H2. The summed E-state index contributed by atoms with van der Waals surface area (Å²) >= 11 is 0. The first-order chi connectivity index (χ1) is 5.36. The fourth-order valence-electron chi connectivity index (χ4n) is 1.17. The lowest BCUT2D eigenvalue weighted by atomic mass is 9.96. The van der Waals surface area contributed by atoms with Gasteiger partial charge < -0.3 is 5.32 Å². The highest BCUT2D eigenvalue weighted by Crippen LogP contribution is 2.38. The van der Waals surface area contributed by atoms with E-state index < -0.39 is 17.4 Å². The molecule has 0 amide bonds. The molecule has 1 unspecified atom stereocenters. The van der Waals surface area contributed by atoms with Crippen LogP contribution in [-0.2, 0) is 0 Å². The van der Waals surface area contributed by atoms with Crippen molar-refractivity contribution in [3.8, 4) is 0 Å². The number of hydrogen-bond donors (Lipinski definition) is 1. The van der Waals surface area contributed by atoms with Crippen molar-refractivity contribution >= 4 is 0 Å². The van der Waals surface area contributed by atoms with Crippen LogP contribution >= 0.6 is 0 Å². The molecule has 0 radical (unpaired) electrons. The summed E-state index contributed by atoms with van der Waals surface area (Å²) in [5.74, 6) is 0. The molecule has 1 saturated heterocycles. The maximum Gasteiger partial charge on any atom is 0.415 e. The molecular formula is C7H9F4N. The lowest BCUT2D eigenvalue weighted by Gasteiger charge is -2.22. The number of rotatable bonds is 1. The molecule has 70 valence electrons. The van der Waals surface area contributed by atoms with Crippen molar-refractivity contribution < 1.29 is 17.6 Å². The summed E-state index contributed by atoms with van der Waals surface area (Å²) in [6.45, 7) is 2.72. The monoisotopic (exact) mass is 183 g/mol. The quantitative estimate of drug-likeness (QED) is 0.483. The van der Waals surface area contributed by atoms with Gasteiger partial charge in [0.2, 0.25) is 0 Å². The van der Waals surface area contributed by atoms with Crippen LogP contribution in [0.3, 0.4) is 0 Å². The molecule has 12 heavy (non-hydrogen) atoms. The van der Waals surface area contributed by atoms with E-state index in [0.29, 0.717) is 0 Å². The van der Waals surface area contributed by atoms with Gasteiger partial charge in [0.1, 0.15) is 0 Å². The highest BCUT2D eigenvalue weighted by Gasteiger charge is 2.48. The minimum Gasteiger partial charge on any atom is -0.313 e. The van der Waals surface area contributed by atoms with E-state index in [1.807, 2.05) is 0 Å². The Bertz CT molecular complexity index is 190. The fraction of sp³-hybridized carbons (Fsp3) is 0.714. The van der Waals surface area contributed by atoms with Crippen LogP contribution in [0, 0.1) is 0 Å². The summed E-state index contributed by atoms with van der Waals surface area (Å²) < 4.78 is 49.3. The van der Waals surface area contributed by atoms with Gasteiger partial charge in [-0.15, -0.1) is 0 Å². The lowest BCUT2D eigenvalue weighted by Crippen LogP contribution is -2.35. The predicted octanol–water partition coefficient (Wildman–Crippen LogP) is 1.81. The van der Waals surface area contributed by atoms with Crippen LogP contribution < -0.4 is 5.32 Å². The van der Waals surface area contributed by atoms with Gasteiger partial charge in [0.15, 0.2) is 5.67 Å². The van der Waals surface area contributed by atoms with E-state index in [2.05, 4.69) is 11.9 Å². The van der Waals surface area contributed by atoms with Gasteiger partial charge in [0, 0.05) is 6.54 Å². The Kier molecular flexibility index (Phi) is 2.16. The van der Waals surface area contributed by atoms with Crippen LogP contribution in [0.25, 0.3) is 0 Å². The molecule has 1 aliphatic heterocycles. The minimum absolute atomic E-state index is 0.147. The summed E-state index contributed by atoms with van der Waals surface area (Å²) in [6.07, 6.45) is -4.77. The predicted molar refractivity (Wildman–Crippen MR) is 36.5 cm³/mol. The van der Waals surface area contributed by atoms with Gasteiger partial charge in [0.05, 0.1) is 5.57 Å². The third-order valence-electron chi connectivity index (χ3n) is 1.99. The van der Waals surface area contributed by atoms with Crippen molar-refractivity contribution in [2.75, 3.05) is 13.1 Å². The Morgan fingerprint density at radius 1 is 1.42 bits per heavy atom. The number of alkyl halides is 4. The molecule has 0 aliphatic carbocycles. The number of hydrogen-bond acceptors (Lipinski definition) is 1. The zero-order valence-electron chi connectivity index (χ0n) is 6.34. The summed E-state index contributed by atoms with van der Waals surface area (Å²) in [4.78, 5) is 0. The summed E-state index contributed by atoms with van der Waals surface area (Å²) in [5, 5.41) is 2.53. The molecule has 1 atom stereocenters. The van der Waals surface area contributed by atoms with Crippen molar-refractivity contribution in [1.82, 2.24) is 5.32 Å². The van der Waals surface area contributed by atoms with Crippen LogP contribution in [0.4, 0.5) is 17.6 Å². The molecule has 1 heterocycles. The maximum absolute atomic E-state index is 13.3. The lowest BCUT2D eigenvalue weighted by molar-refractivity contribution is -0.108.